The molecule has 17 heteroatoms. The van der Waals surface area contributed by atoms with Gasteiger partial charge in [-0.1, -0.05) is 70.7 Å². The molecule has 0 spiro atoms. The molecule has 0 aromatic heterocycles. The van der Waals surface area contributed by atoms with Gasteiger partial charge in [0.2, 0.25) is 17.7 Å². The summed E-state index contributed by atoms with van der Waals surface area (Å²) in [6, 6.07) is 24.8. The number of nitrogens with zero attached hydrogens (tertiary/aromatic N) is 6. The summed E-state index contributed by atoms with van der Waals surface area (Å²) in [4.78, 5) is 67.1. The van der Waals surface area contributed by atoms with Crippen LogP contribution >= 0.6 is 46.4 Å². The molecule has 2 atom stereocenters. The van der Waals surface area contributed by atoms with Gasteiger partial charge in [-0.15, -0.1) is 0 Å². The summed E-state index contributed by atoms with van der Waals surface area (Å²) in [7, 11) is 0. The molecule has 4 aromatic rings. The van der Waals surface area contributed by atoms with Crippen LogP contribution in [0.1, 0.15) is 99.3 Å². The van der Waals surface area contributed by atoms with Gasteiger partial charge in [0.25, 0.3) is 0 Å². The van der Waals surface area contributed by atoms with Crippen LogP contribution in [0.4, 0.5) is 22.7 Å². The third-order valence-corrected chi connectivity index (χ3v) is 17.5. The van der Waals surface area contributed by atoms with Crippen LogP contribution in [0, 0.1) is 0 Å². The molecule has 0 bridgehead atoms. The minimum Gasteiger partial charge on any atom is -0.379 e. The van der Waals surface area contributed by atoms with E-state index in [1.54, 1.807) is 0 Å². The molecule has 4 aromatic carbocycles. The van der Waals surface area contributed by atoms with Crippen LogP contribution in [0.25, 0.3) is 0 Å². The maximum atomic E-state index is 14.1. The highest BCUT2D eigenvalue weighted by molar-refractivity contribution is 6.35. The Labute approximate surface area is 468 Å². The molecule has 76 heavy (non-hydrogen) atoms. The van der Waals surface area contributed by atoms with E-state index < -0.39 is 0 Å². The second-order valence-corrected chi connectivity index (χ2v) is 23.0. The zero-order chi connectivity index (χ0) is 52.7. The molecule has 3 amide bonds. The number of likely N-dealkylation sites (tertiary alicyclic amines) is 2. The van der Waals surface area contributed by atoms with E-state index in [9.17, 15) is 19.2 Å². The molecule has 2 aliphatic carbocycles. The van der Waals surface area contributed by atoms with Crippen LogP contribution in [0.2, 0.25) is 20.1 Å². The highest BCUT2D eigenvalue weighted by Gasteiger charge is 2.42. The van der Waals surface area contributed by atoms with Crippen LogP contribution in [0.5, 0.6) is 0 Å². The first-order valence-electron chi connectivity index (χ1n) is 27.7. The zero-order valence-electron chi connectivity index (χ0n) is 43.5. The highest BCUT2D eigenvalue weighted by atomic mass is 35.5. The number of aryl methyl sites for hydroxylation is 2. The minimum atomic E-state index is -0.224. The minimum absolute atomic E-state index is 0.110. The lowest BCUT2D eigenvalue weighted by molar-refractivity contribution is -0.123. The fourth-order valence-corrected chi connectivity index (χ4v) is 12.8. The van der Waals surface area contributed by atoms with Gasteiger partial charge in [-0.25, -0.2) is 0 Å². The number of hydrogen-bond donors (Lipinski definition) is 1. The Hall–Kier alpha value is -4.44. The predicted octanol–water partition coefficient (Wildman–Crippen LogP) is 10.3. The summed E-state index contributed by atoms with van der Waals surface area (Å²) in [6.07, 6.45) is 10.9. The van der Waals surface area contributed by atoms with Gasteiger partial charge in [0.1, 0.15) is 5.78 Å². The number of benzene rings is 4. The molecule has 406 valence electrons. The molecule has 13 nitrogen and oxygen atoms in total. The lowest BCUT2D eigenvalue weighted by Crippen LogP contribution is -2.51. The van der Waals surface area contributed by atoms with Gasteiger partial charge in [0.05, 0.1) is 54.7 Å². The first kappa shape index (κ1) is 54.9. The van der Waals surface area contributed by atoms with E-state index in [1.807, 2.05) is 46.2 Å². The molecular formula is C59H71Cl4N7O6. The number of halogens is 4. The molecular weight excluding hydrogens is 1040 g/mol. The van der Waals surface area contributed by atoms with E-state index in [2.05, 4.69) is 61.3 Å². The number of rotatable bonds is 24. The summed E-state index contributed by atoms with van der Waals surface area (Å²) in [5.41, 5.74) is 7.73. The predicted molar refractivity (Wildman–Crippen MR) is 304 cm³/mol. The fraction of sp³-hybridized carbons (Fsp3) is 0.525. The van der Waals surface area contributed by atoms with Crippen LogP contribution in [-0.4, -0.2) is 130 Å². The Balaban J connectivity index is 0.575. The lowest BCUT2D eigenvalue weighted by atomic mass is 10.0. The number of Topliss-reactive ketones (excluding diaryl/α,β-unsaturated/α-hetero) is 1. The third-order valence-electron chi connectivity index (χ3n) is 16.1. The Morgan fingerprint density at radius 1 is 0.500 bits per heavy atom. The van der Waals surface area contributed by atoms with Crippen molar-refractivity contribution in [3.63, 3.8) is 0 Å². The number of anilines is 4. The maximum absolute atomic E-state index is 14.1. The second-order valence-electron chi connectivity index (χ2n) is 21.4. The average molecular weight is 1120 g/mol. The topological polar surface area (TPSA) is 118 Å². The van der Waals surface area contributed by atoms with Gasteiger partial charge < -0.3 is 34.4 Å². The summed E-state index contributed by atoms with van der Waals surface area (Å²) >= 11 is 27.2. The van der Waals surface area contributed by atoms with E-state index in [0.29, 0.717) is 123 Å². The van der Waals surface area contributed by atoms with Gasteiger partial charge in [0.15, 0.2) is 0 Å². The summed E-state index contributed by atoms with van der Waals surface area (Å²) < 4.78 is 11.4. The smallest absolute Gasteiger partial charge is 0.244 e. The molecule has 0 radical (unpaired) electrons. The van der Waals surface area contributed by atoms with Crippen LogP contribution in [0.3, 0.4) is 0 Å². The van der Waals surface area contributed by atoms with Gasteiger partial charge in [0, 0.05) is 104 Å². The Bertz CT molecular complexity index is 2560. The number of carbonyl (C=O) groups is 4. The number of carbonyl (C=O) groups excluding carboxylic acids is 4. The molecule has 2 saturated carbocycles. The van der Waals surface area contributed by atoms with Crippen molar-refractivity contribution in [1.29, 1.82) is 0 Å². The number of fused-ring (bicyclic) bond motifs is 2. The summed E-state index contributed by atoms with van der Waals surface area (Å²) in [5, 5.41) is 5.22. The summed E-state index contributed by atoms with van der Waals surface area (Å²) in [6.45, 7) is 7.69. The monoisotopic (exact) mass is 1110 g/mol. The van der Waals surface area contributed by atoms with Crippen molar-refractivity contribution >= 4 is 92.7 Å². The van der Waals surface area contributed by atoms with Crippen molar-refractivity contribution in [2.75, 3.05) is 91.8 Å². The first-order chi connectivity index (χ1) is 37.0. The van der Waals surface area contributed by atoms with E-state index in [0.717, 1.165) is 96.9 Å². The molecule has 4 aliphatic heterocycles. The largest absolute Gasteiger partial charge is 0.379 e. The normalized spacial score (nSPS) is 19.8. The Morgan fingerprint density at radius 2 is 0.947 bits per heavy atom. The molecule has 4 heterocycles. The number of nitrogens with one attached hydrogen (secondary N) is 1. The second kappa shape index (κ2) is 25.6. The van der Waals surface area contributed by atoms with Gasteiger partial charge in [-0.05, 0) is 155 Å². The molecule has 6 aliphatic rings. The highest BCUT2D eigenvalue weighted by Crippen LogP contribution is 2.43. The van der Waals surface area contributed by atoms with E-state index >= 15 is 0 Å². The van der Waals surface area contributed by atoms with Crippen molar-refractivity contribution in [3.8, 4) is 0 Å². The fourth-order valence-electron chi connectivity index (χ4n) is 11.7. The van der Waals surface area contributed by atoms with Gasteiger partial charge in [-0.3, -0.25) is 29.0 Å². The van der Waals surface area contributed by atoms with Crippen LogP contribution in [-0.2, 0) is 54.6 Å². The number of ketones is 1. The quantitative estimate of drug-likeness (QED) is 0.0680. The van der Waals surface area contributed by atoms with Crippen molar-refractivity contribution in [2.45, 2.75) is 127 Å². The average Bonchev–Trinajstić information content (AvgIpc) is 4.37. The van der Waals surface area contributed by atoms with Crippen LogP contribution < -0.4 is 24.9 Å². The molecule has 10 rings (SSSR count). The molecule has 4 fully saturated rings. The molecule has 1 N–H and O–H groups in total. The van der Waals surface area contributed by atoms with Crippen molar-refractivity contribution in [1.82, 2.24) is 15.1 Å². The number of ether oxygens (including phenoxy) is 2. The van der Waals surface area contributed by atoms with Crippen LogP contribution in [0.15, 0.2) is 72.8 Å². The van der Waals surface area contributed by atoms with Crippen molar-refractivity contribution < 1.29 is 28.7 Å². The van der Waals surface area contributed by atoms with E-state index in [1.165, 1.54) is 25.7 Å². The molecule has 2 saturated heterocycles. The molecule has 0 unspecified atom stereocenters. The SMILES string of the molecule is O=C(CCCOCCOCCNC(=O)CCc1cc(Cl)c(CN2CCC[C@H]2C(=O)N2CCN(C3CC3)c3ccccc32)cc1Cl)CCc1cc(Cl)c(CN2CCC[C@H]2C(=O)N2CCN(C3CC3)c3ccccc32)cc1Cl. The number of hydrogen-bond acceptors (Lipinski definition) is 10. The van der Waals surface area contributed by atoms with E-state index in [-0.39, 0.29) is 42.0 Å². The number of amides is 3. The maximum Gasteiger partial charge on any atom is 0.244 e. The summed E-state index contributed by atoms with van der Waals surface area (Å²) in [5.74, 6) is 0.319. The van der Waals surface area contributed by atoms with Crippen molar-refractivity contribution in [3.05, 3.63) is 115 Å². The number of para-hydroxylation sites is 4. The Morgan fingerprint density at radius 3 is 1.45 bits per heavy atom. The third kappa shape index (κ3) is 13.3. The van der Waals surface area contributed by atoms with Gasteiger partial charge >= 0.3 is 0 Å². The standard InChI is InChI=1S/C59H71Cl4N7O6/c60-47-36-42(38-65-24-5-13-55(65)58(73)69-28-26-67(44-17-18-44)51-9-1-3-11-53(51)69)49(62)34-40(47)15-21-46(71)8-7-30-75-32-33-76-31-23-64-57(72)22-16-41-35-50(63)43(37-48(41)61)39-66-25-6-14-56(66)59(74)70-29-27-68(45-19-20-45)52-10-2-4-12-54(52)70/h1-4,9-12,34-37,44-45,55-56H,5-8,13-33,38-39H2,(H,64,72)/t55-,56-/m0/s1. The van der Waals surface area contributed by atoms with Gasteiger partial charge in [-0.2, -0.15) is 0 Å². The Kier molecular flexibility index (Phi) is 18.5. The lowest BCUT2D eigenvalue weighted by Gasteiger charge is -2.40. The first-order valence-corrected chi connectivity index (χ1v) is 29.2. The zero-order valence-corrected chi connectivity index (χ0v) is 46.5. The van der Waals surface area contributed by atoms with Crippen molar-refractivity contribution in [2.24, 2.45) is 0 Å². The van der Waals surface area contributed by atoms with E-state index in [4.69, 9.17) is 55.9 Å².